The van der Waals surface area contributed by atoms with E-state index in [2.05, 4.69) is 18.7 Å². The number of aliphatic hydroxyl groups excluding tert-OH is 1. The molecule has 2 atom stereocenters. The van der Waals surface area contributed by atoms with Crippen LogP contribution in [-0.2, 0) is 16.0 Å². The van der Waals surface area contributed by atoms with Crippen molar-refractivity contribution in [2.24, 2.45) is 0 Å². The Morgan fingerprint density at radius 3 is 2.52 bits per heavy atom. The van der Waals surface area contributed by atoms with E-state index in [0.717, 1.165) is 43.8 Å². The molecule has 2 aliphatic rings. The highest BCUT2D eigenvalue weighted by atomic mass is 16.5. The molecule has 2 unspecified atom stereocenters. The van der Waals surface area contributed by atoms with Gasteiger partial charge < -0.3 is 29.1 Å². The highest BCUT2D eigenvalue weighted by Crippen LogP contribution is 2.43. The highest BCUT2D eigenvalue weighted by Gasteiger charge is 2.46. The summed E-state index contributed by atoms with van der Waals surface area (Å²) >= 11 is 0. The van der Waals surface area contributed by atoms with Crippen LogP contribution < -0.4 is 14.2 Å². The molecule has 0 aromatic heterocycles. The molecule has 1 N–H and O–H groups in total. The van der Waals surface area contributed by atoms with Gasteiger partial charge in [0.25, 0.3) is 11.7 Å². The number of nitrogens with zero attached hydrogens (tertiary/aromatic N) is 2. The largest absolute Gasteiger partial charge is 0.507 e. The first-order chi connectivity index (χ1) is 19.3. The number of carbonyl (C=O) groups is 2. The molecule has 2 heterocycles. The Balaban J connectivity index is 1.78. The fourth-order valence-corrected chi connectivity index (χ4v) is 5.48. The van der Waals surface area contributed by atoms with E-state index in [1.807, 2.05) is 51.1 Å². The van der Waals surface area contributed by atoms with Gasteiger partial charge in [0.1, 0.15) is 17.6 Å². The highest BCUT2D eigenvalue weighted by molar-refractivity contribution is 6.46. The normalized spacial score (nSPS) is 19.7. The second kappa shape index (κ2) is 13.2. The molecule has 1 amide bonds. The quantitative estimate of drug-likeness (QED) is 0.204. The summed E-state index contributed by atoms with van der Waals surface area (Å²) in [4.78, 5) is 30.8. The van der Waals surface area contributed by atoms with Crippen molar-refractivity contribution in [3.63, 3.8) is 0 Å². The van der Waals surface area contributed by atoms with Crippen LogP contribution in [0.15, 0.2) is 42.0 Å². The van der Waals surface area contributed by atoms with Gasteiger partial charge in [-0.2, -0.15) is 0 Å². The average molecular weight is 551 g/mol. The van der Waals surface area contributed by atoms with Crippen molar-refractivity contribution in [1.29, 1.82) is 0 Å². The number of hydrogen-bond donors (Lipinski definition) is 1. The number of amides is 1. The summed E-state index contributed by atoms with van der Waals surface area (Å²) < 4.78 is 17.6. The van der Waals surface area contributed by atoms with Gasteiger partial charge in [0.2, 0.25) is 0 Å². The van der Waals surface area contributed by atoms with Crippen LogP contribution >= 0.6 is 0 Å². The summed E-state index contributed by atoms with van der Waals surface area (Å²) in [6.07, 6.45) is 2.32. The maximum atomic E-state index is 13.5. The van der Waals surface area contributed by atoms with Gasteiger partial charge in [0.15, 0.2) is 11.5 Å². The van der Waals surface area contributed by atoms with Crippen LogP contribution in [0.5, 0.6) is 17.2 Å². The number of aliphatic hydroxyl groups is 1. The Morgan fingerprint density at radius 1 is 1.05 bits per heavy atom. The average Bonchev–Trinajstić information content (AvgIpc) is 3.45. The Morgan fingerprint density at radius 2 is 1.82 bits per heavy atom. The standard InChI is InChI=1S/C32H42N2O6/c1-6-17-39-26-14-11-22(20-27(26)38-9-4)29-28(30(35)23-12-13-25-24(19-23)18-21(5)40-25)31(36)32(37)34(29)16-10-15-33(7-2)8-3/h11-14,19-21,29,35H,6-10,15-18H2,1-5H3/b30-28-. The van der Waals surface area contributed by atoms with E-state index in [1.165, 1.54) is 0 Å². The van der Waals surface area contributed by atoms with Crippen LogP contribution in [0.4, 0.5) is 0 Å². The Labute approximate surface area is 237 Å². The van der Waals surface area contributed by atoms with E-state index in [4.69, 9.17) is 14.2 Å². The van der Waals surface area contributed by atoms with Gasteiger partial charge in [-0.1, -0.05) is 26.8 Å². The number of fused-ring (bicyclic) bond motifs is 1. The Hall–Kier alpha value is -3.52. The number of carbonyl (C=O) groups excluding carboxylic acids is 2. The summed E-state index contributed by atoms with van der Waals surface area (Å²) in [6.45, 7) is 14.1. The molecule has 2 aromatic carbocycles. The Bertz CT molecular complexity index is 1250. The third-order valence-electron chi connectivity index (χ3n) is 7.52. The van der Waals surface area contributed by atoms with Gasteiger partial charge in [0, 0.05) is 18.5 Å². The van der Waals surface area contributed by atoms with Gasteiger partial charge >= 0.3 is 0 Å². The summed E-state index contributed by atoms with van der Waals surface area (Å²) in [7, 11) is 0. The fourth-order valence-electron chi connectivity index (χ4n) is 5.48. The second-order valence-electron chi connectivity index (χ2n) is 10.3. The second-order valence-corrected chi connectivity index (χ2v) is 10.3. The maximum absolute atomic E-state index is 13.5. The van der Waals surface area contributed by atoms with Crippen LogP contribution in [-0.4, -0.2) is 72.1 Å². The molecule has 8 nitrogen and oxygen atoms in total. The number of hydrogen-bond acceptors (Lipinski definition) is 7. The SMILES string of the molecule is CCCOc1ccc(C2/C(=C(/O)c3ccc4c(c3)CC(C)O4)C(=O)C(=O)N2CCCN(CC)CC)cc1OCC. The van der Waals surface area contributed by atoms with Crippen molar-refractivity contribution < 1.29 is 28.9 Å². The van der Waals surface area contributed by atoms with E-state index < -0.39 is 17.7 Å². The van der Waals surface area contributed by atoms with Crippen LogP contribution in [0, 0.1) is 0 Å². The van der Waals surface area contributed by atoms with Crippen molar-refractivity contribution >= 4 is 17.4 Å². The molecule has 2 aliphatic heterocycles. The third kappa shape index (κ3) is 6.12. The predicted molar refractivity (Wildman–Crippen MR) is 155 cm³/mol. The lowest BCUT2D eigenvalue weighted by Gasteiger charge is -2.27. The summed E-state index contributed by atoms with van der Waals surface area (Å²) in [5.74, 6) is 0.473. The first-order valence-corrected chi connectivity index (χ1v) is 14.5. The lowest BCUT2D eigenvalue weighted by atomic mass is 9.94. The lowest BCUT2D eigenvalue weighted by molar-refractivity contribution is -0.140. The number of rotatable bonds is 13. The van der Waals surface area contributed by atoms with Gasteiger partial charge in [-0.05, 0) is 87.8 Å². The zero-order valence-corrected chi connectivity index (χ0v) is 24.4. The minimum Gasteiger partial charge on any atom is -0.507 e. The number of ketones is 1. The van der Waals surface area contributed by atoms with Gasteiger partial charge in [-0.15, -0.1) is 0 Å². The van der Waals surface area contributed by atoms with Crippen LogP contribution in [0.3, 0.4) is 0 Å². The zero-order chi connectivity index (χ0) is 28.8. The molecule has 216 valence electrons. The predicted octanol–water partition coefficient (Wildman–Crippen LogP) is 5.35. The molecule has 0 saturated carbocycles. The van der Waals surface area contributed by atoms with Gasteiger partial charge in [0.05, 0.1) is 24.8 Å². The first-order valence-electron chi connectivity index (χ1n) is 14.5. The van der Waals surface area contributed by atoms with Crippen LogP contribution in [0.25, 0.3) is 5.76 Å². The molecule has 1 fully saturated rings. The monoisotopic (exact) mass is 550 g/mol. The Kier molecular flexibility index (Phi) is 9.74. The minimum atomic E-state index is -0.750. The molecule has 40 heavy (non-hydrogen) atoms. The van der Waals surface area contributed by atoms with Crippen LogP contribution in [0.2, 0.25) is 0 Å². The molecule has 8 heteroatoms. The van der Waals surface area contributed by atoms with Crippen molar-refractivity contribution in [3.05, 3.63) is 58.7 Å². The van der Waals surface area contributed by atoms with Crippen molar-refractivity contribution in [3.8, 4) is 17.2 Å². The number of likely N-dealkylation sites (tertiary alicyclic amines) is 1. The summed E-state index contributed by atoms with van der Waals surface area (Å²) in [5, 5.41) is 11.6. The van der Waals surface area contributed by atoms with Gasteiger partial charge in [-0.25, -0.2) is 0 Å². The fraction of sp³-hybridized carbons (Fsp3) is 0.500. The number of benzene rings is 2. The zero-order valence-electron chi connectivity index (χ0n) is 24.4. The van der Waals surface area contributed by atoms with E-state index in [-0.39, 0.29) is 17.4 Å². The van der Waals surface area contributed by atoms with Crippen LogP contribution in [0.1, 0.15) is 70.2 Å². The molecule has 4 rings (SSSR count). The van der Waals surface area contributed by atoms with Crippen molar-refractivity contribution in [2.75, 3.05) is 39.4 Å². The molecule has 0 radical (unpaired) electrons. The van der Waals surface area contributed by atoms with E-state index >= 15 is 0 Å². The third-order valence-corrected chi connectivity index (χ3v) is 7.52. The summed E-state index contributed by atoms with van der Waals surface area (Å²) in [5.41, 5.74) is 2.24. The number of Topliss-reactive ketones (excluding diaryl/α,β-unsaturated/α-hetero) is 1. The van der Waals surface area contributed by atoms with Gasteiger partial charge in [-0.3, -0.25) is 9.59 Å². The van der Waals surface area contributed by atoms with E-state index in [9.17, 15) is 14.7 Å². The topological polar surface area (TPSA) is 88.5 Å². The molecular formula is C32H42N2O6. The lowest BCUT2D eigenvalue weighted by Crippen LogP contribution is -2.33. The molecule has 2 aromatic rings. The minimum absolute atomic E-state index is 0.0502. The van der Waals surface area contributed by atoms with Crippen molar-refractivity contribution in [2.45, 2.75) is 66.0 Å². The van der Waals surface area contributed by atoms with E-state index in [1.54, 1.807) is 11.0 Å². The number of ether oxygens (including phenoxy) is 3. The maximum Gasteiger partial charge on any atom is 0.295 e. The molecule has 1 saturated heterocycles. The smallest absolute Gasteiger partial charge is 0.295 e. The summed E-state index contributed by atoms with van der Waals surface area (Å²) in [6, 6.07) is 10.2. The first kappa shape index (κ1) is 29.5. The van der Waals surface area contributed by atoms with Crippen molar-refractivity contribution in [1.82, 2.24) is 9.80 Å². The molecule has 0 spiro atoms. The molecule has 0 aliphatic carbocycles. The van der Waals surface area contributed by atoms with E-state index in [0.29, 0.717) is 48.8 Å². The molecular weight excluding hydrogens is 508 g/mol. The molecule has 0 bridgehead atoms.